The fraction of sp³-hybridized carbons (Fsp3) is 0.333. The number of hydrogen-bond acceptors (Lipinski definition) is 3. The van der Waals surface area contributed by atoms with Crippen molar-refractivity contribution in [2.75, 3.05) is 6.61 Å². The quantitative estimate of drug-likeness (QED) is 0.431. The average Bonchev–Trinajstić information content (AvgIpc) is 1.85. The zero-order valence-corrected chi connectivity index (χ0v) is 5.66. The Balaban J connectivity index is 3.67. The minimum absolute atomic E-state index is 0.294. The second kappa shape index (κ2) is 4.55. The van der Waals surface area contributed by atoms with E-state index in [2.05, 4.69) is 4.74 Å². The third-order valence-corrected chi connectivity index (χ3v) is 0.670. The molecule has 0 saturated heterocycles. The summed E-state index contributed by atoms with van der Waals surface area (Å²) in [5.41, 5.74) is 4.70. The van der Waals surface area contributed by atoms with Gasteiger partial charge in [-0.25, -0.2) is 4.79 Å². The summed E-state index contributed by atoms with van der Waals surface area (Å²) >= 11 is 0. The maximum atomic E-state index is 10.4. The van der Waals surface area contributed by atoms with Crippen LogP contribution in [0, 0.1) is 0 Å². The monoisotopic (exact) mass is 143 g/mol. The van der Waals surface area contributed by atoms with Crippen LogP contribution in [0.4, 0.5) is 0 Å². The molecule has 10 heavy (non-hydrogen) atoms. The first-order chi connectivity index (χ1) is 4.66. The highest BCUT2D eigenvalue weighted by atomic mass is 16.5. The van der Waals surface area contributed by atoms with E-state index in [0.29, 0.717) is 6.61 Å². The number of ether oxygens (including phenoxy) is 1. The van der Waals surface area contributed by atoms with Crippen LogP contribution >= 0.6 is 0 Å². The second-order valence-corrected chi connectivity index (χ2v) is 1.49. The molecule has 0 spiro atoms. The summed E-state index contributed by atoms with van der Waals surface area (Å²) in [5.74, 6) is -1.21. The van der Waals surface area contributed by atoms with Crippen LogP contribution < -0.4 is 5.73 Å². The Morgan fingerprint density at radius 3 is 2.50 bits per heavy atom. The largest absolute Gasteiger partial charge is 0.463 e. The zero-order valence-electron chi connectivity index (χ0n) is 5.66. The van der Waals surface area contributed by atoms with Gasteiger partial charge in [-0.05, 0) is 6.92 Å². The van der Waals surface area contributed by atoms with Gasteiger partial charge in [-0.2, -0.15) is 0 Å². The predicted molar refractivity (Wildman–Crippen MR) is 35.0 cm³/mol. The van der Waals surface area contributed by atoms with E-state index in [-0.39, 0.29) is 0 Å². The van der Waals surface area contributed by atoms with E-state index in [4.69, 9.17) is 5.73 Å². The van der Waals surface area contributed by atoms with Crippen LogP contribution in [0.25, 0.3) is 0 Å². The summed E-state index contributed by atoms with van der Waals surface area (Å²) in [6.07, 6.45) is 1.95. The summed E-state index contributed by atoms with van der Waals surface area (Å²) in [5, 5.41) is 0. The molecule has 0 rings (SSSR count). The summed E-state index contributed by atoms with van der Waals surface area (Å²) in [7, 11) is 0. The van der Waals surface area contributed by atoms with Gasteiger partial charge in [-0.1, -0.05) is 0 Å². The second-order valence-electron chi connectivity index (χ2n) is 1.49. The lowest BCUT2D eigenvalue weighted by atomic mass is 10.5. The van der Waals surface area contributed by atoms with E-state index in [1.165, 1.54) is 0 Å². The number of amides is 1. The van der Waals surface area contributed by atoms with Crippen molar-refractivity contribution in [1.82, 2.24) is 0 Å². The molecule has 4 heteroatoms. The van der Waals surface area contributed by atoms with Crippen LogP contribution in [-0.4, -0.2) is 18.5 Å². The first kappa shape index (κ1) is 8.68. The lowest BCUT2D eigenvalue weighted by Crippen LogP contribution is -2.07. The fourth-order valence-electron chi connectivity index (χ4n) is 0.341. The third kappa shape index (κ3) is 4.83. The Morgan fingerprint density at radius 2 is 2.10 bits per heavy atom. The molecule has 0 bridgehead atoms. The summed E-state index contributed by atoms with van der Waals surface area (Å²) in [6, 6.07) is 0. The maximum absolute atomic E-state index is 10.4. The molecule has 0 unspecified atom stereocenters. The highest BCUT2D eigenvalue weighted by Crippen LogP contribution is 1.79. The molecule has 0 aliphatic rings. The van der Waals surface area contributed by atoms with Gasteiger partial charge in [-0.3, -0.25) is 4.79 Å². The third-order valence-electron chi connectivity index (χ3n) is 0.670. The number of primary amides is 1. The Hall–Kier alpha value is -1.32. The van der Waals surface area contributed by atoms with Crippen molar-refractivity contribution < 1.29 is 14.3 Å². The van der Waals surface area contributed by atoms with Gasteiger partial charge in [0.05, 0.1) is 6.61 Å². The topological polar surface area (TPSA) is 69.4 Å². The highest BCUT2D eigenvalue weighted by Gasteiger charge is 1.92. The molecule has 0 atom stereocenters. The summed E-state index contributed by atoms with van der Waals surface area (Å²) < 4.78 is 4.46. The lowest BCUT2D eigenvalue weighted by Gasteiger charge is -1.92. The van der Waals surface area contributed by atoms with Gasteiger partial charge in [-0.15, -0.1) is 0 Å². The average molecular weight is 143 g/mol. The van der Waals surface area contributed by atoms with Crippen LogP contribution in [0.15, 0.2) is 12.2 Å². The molecular weight excluding hydrogens is 134 g/mol. The highest BCUT2D eigenvalue weighted by molar-refractivity contribution is 5.93. The van der Waals surface area contributed by atoms with E-state index in [9.17, 15) is 9.59 Å². The number of hydrogen-bond donors (Lipinski definition) is 1. The summed E-state index contributed by atoms with van der Waals surface area (Å²) in [6.45, 7) is 1.97. The molecule has 0 aromatic carbocycles. The molecule has 0 aromatic heterocycles. The van der Waals surface area contributed by atoms with Crippen LogP contribution in [0.3, 0.4) is 0 Å². The Morgan fingerprint density at radius 1 is 1.50 bits per heavy atom. The fourth-order valence-corrected chi connectivity index (χ4v) is 0.341. The molecule has 0 aliphatic heterocycles. The number of carbonyl (C=O) groups excluding carboxylic acids is 2. The van der Waals surface area contributed by atoms with Crippen molar-refractivity contribution >= 4 is 11.9 Å². The standard InChI is InChI=1S/C6H9NO3/c1-2-10-6(9)4-3-5(7)8/h3-4H,2H2,1H3,(H2,7,8)/b4-3-. The van der Waals surface area contributed by atoms with Gasteiger partial charge in [0.25, 0.3) is 0 Å². The van der Waals surface area contributed by atoms with Gasteiger partial charge >= 0.3 is 5.97 Å². The van der Waals surface area contributed by atoms with Crippen LogP contribution in [0.2, 0.25) is 0 Å². The van der Waals surface area contributed by atoms with Crippen molar-refractivity contribution in [2.24, 2.45) is 5.73 Å². The van der Waals surface area contributed by atoms with Gasteiger partial charge in [0.1, 0.15) is 0 Å². The van der Waals surface area contributed by atoms with Crippen molar-refractivity contribution in [3.05, 3.63) is 12.2 Å². The number of nitrogens with two attached hydrogens (primary N) is 1. The molecule has 0 radical (unpaired) electrons. The number of rotatable bonds is 3. The zero-order chi connectivity index (χ0) is 7.98. The molecule has 0 aromatic rings. The minimum atomic E-state index is -0.659. The van der Waals surface area contributed by atoms with Crippen molar-refractivity contribution in [2.45, 2.75) is 6.92 Å². The van der Waals surface area contributed by atoms with Crippen LogP contribution in [-0.2, 0) is 14.3 Å². The minimum Gasteiger partial charge on any atom is -0.463 e. The van der Waals surface area contributed by atoms with E-state index in [1.807, 2.05) is 0 Å². The predicted octanol–water partition coefficient (Wildman–Crippen LogP) is -0.409. The summed E-state index contributed by atoms with van der Waals surface area (Å²) in [4.78, 5) is 20.5. The molecule has 2 N–H and O–H groups in total. The molecule has 0 heterocycles. The Labute approximate surface area is 58.7 Å². The van der Waals surface area contributed by atoms with Crippen molar-refractivity contribution in [3.8, 4) is 0 Å². The molecule has 4 nitrogen and oxygen atoms in total. The molecular formula is C6H9NO3. The van der Waals surface area contributed by atoms with E-state index < -0.39 is 11.9 Å². The van der Waals surface area contributed by atoms with Crippen molar-refractivity contribution in [1.29, 1.82) is 0 Å². The van der Waals surface area contributed by atoms with Gasteiger partial charge in [0.15, 0.2) is 0 Å². The number of carbonyl (C=O) groups is 2. The molecule has 0 saturated carbocycles. The number of esters is 1. The molecule has 0 fully saturated rings. The normalized spacial score (nSPS) is 9.70. The first-order valence-electron chi connectivity index (χ1n) is 2.81. The van der Waals surface area contributed by atoms with Gasteiger partial charge in [0.2, 0.25) is 5.91 Å². The van der Waals surface area contributed by atoms with E-state index in [0.717, 1.165) is 12.2 Å². The van der Waals surface area contributed by atoms with Crippen LogP contribution in [0.1, 0.15) is 6.92 Å². The van der Waals surface area contributed by atoms with E-state index in [1.54, 1.807) is 6.92 Å². The molecule has 1 amide bonds. The van der Waals surface area contributed by atoms with Gasteiger partial charge < -0.3 is 10.5 Å². The molecule has 56 valence electrons. The van der Waals surface area contributed by atoms with E-state index >= 15 is 0 Å². The van der Waals surface area contributed by atoms with Gasteiger partial charge in [0, 0.05) is 12.2 Å². The SMILES string of the molecule is CCOC(=O)/C=C\C(N)=O. The first-order valence-corrected chi connectivity index (χ1v) is 2.81. The Kier molecular flexibility index (Phi) is 3.95. The van der Waals surface area contributed by atoms with Crippen molar-refractivity contribution in [3.63, 3.8) is 0 Å². The molecule has 0 aliphatic carbocycles. The smallest absolute Gasteiger partial charge is 0.330 e. The maximum Gasteiger partial charge on any atom is 0.330 e. The Bertz CT molecular complexity index is 162. The van der Waals surface area contributed by atoms with Crippen LogP contribution in [0.5, 0.6) is 0 Å². The lowest BCUT2D eigenvalue weighted by molar-refractivity contribution is -0.137.